The minimum Gasteiger partial charge on any atom is -0.381 e. The Morgan fingerprint density at radius 3 is 2.59 bits per heavy atom. The van der Waals surface area contributed by atoms with Gasteiger partial charge in [-0.05, 0) is 61.0 Å². The van der Waals surface area contributed by atoms with Crippen LogP contribution in [0.4, 0.5) is 0 Å². The van der Waals surface area contributed by atoms with Gasteiger partial charge >= 0.3 is 0 Å². The summed E-state index contributed by atoms with van der Waals surface area (Å²) in [6.07, 6.45) is 24.9. The quantitative estimate of drug-likeness (QED) is 0.568. The second kappa shape index (κ2) is 11.5. The van der Waals surface area contributed by atoms with Crippen LogP contribution in [-0.4, -0.2) is 20.0 Å². The van der Waals surface area contributed by atoms with Gasteiger partial charge in [-0.1, -0.05) is 84.5 Å². The summed E-state index contributed by atoms with van der Waals surface area (Å²) in [7, 11) is 0. The van der Waals surface area contributed by atoms with Crippen LogP contribution >= 0.6 is 0 Å². The molecule has 4 rings (SSSR count). The van der Waals surface area contributed by atoms with Crippen molar-refractivity contribution in [2.75, 3.05) is 13.2 Å². The van der Waals surface area contributed by atoms with Crippen molar-refractivity contribution in [2.45, 2.75) is 32.1 Å². The van der Waals surface area contributed by atoms with Crippen molar-refractivity contribution in [3.05, 3.63) is 89.6 Å². The Hall–Kier alpha value is -2.45. The summed E-state index contributed by atoms with van der Waals surface area (Å²) in [5.41, 5.74) is 4.09. The fourth-order valence-corrected chi connectivity index (χ4v) is 4.39. The van der Waals surface area contributed by atoms with Gasteiger partial charge in [0.1, 0.15) is 6.79 Å². The van der Waals surface area contributed by atoms with Crippen LogP contribution in [0.3, 0.4) is 0 Å². The van der Waals surface area contributed by atoms with Gasteiger partial charge in [0.15, 0.2) is 0 Å². The van der Waals surface area contributed by atoms with E-state index in [1.165, 1.54) is 42.4 Å². The Bertz CT molecular complexity index is 776. The third kappa shape index (κ3) is 6.83. The molecular formula is C27H32O2. The first-order chi connectivity index (χ1) is 14.3. The van der Waals surface area contributed by atoms with E-state index in [2.05, 4.69) is 78.9 Å². The van der Waals surface area contributed by atoms with Gasteiger partial charge in [-0.15, -0.1) is 0 Å². The van der Waals surface area contributed by atoms with Crippen LogP contribution in [0.2, 0.25) is 0 Å². The van der Waals surface area contributed by atoms with E-state index < -0.39 is 0 Å². The number of ether oxygens (including phenoxy) is 1. The van der Waals surface area contributed by atoms with Gasteiger partial charge in [0, 0.05) is 13.2 Å². The standard InChI is InChI=1S/C26H30O.CH2O/c1-2-5-21(6-3-1)9-10-22-11-12-26(17-22)20-25-8-4-7-24(19-25)18-23-13-15-27-16-14-23;1-2/h1-6,8-12,17,19,23-24,26H,7,13-16,18,20H2;1H2/b10-9+;. The topological polar surface area (TPSA) is 26.3 Å². The molecule has 1 aromatic carbocycles. The van der Waals surface area contributed by atoms with Gasteiger partial charge in [-0.2, -0.15) is 0 Å². The average Bonchev–Trinajstić information content (AvgIpc) is 3.23. The molecule has 2 heteroatoms. The number of hydrogen-bond acceptors (Lipinski definition) is 2. The van der Waals surface area contributed by atoms with Crippen LogP contribution in [-0.2, 0) is 9.53 Å². The number of allylic oxidation sites excluding steroid dienone is 9. The van der Waals surface area contributed by atoms with Gasteiger partial charge in [-0.3, -0.25) is 0 Å². The van der Waals surface area contributed by atoms with E-state index in [0.29, 0.717) is 5.92 Å². The molecule has 0 spiro atoms. The molecule has 2 nitrogen and oxygen atoms in total. The Balaban J connectivity index is 0.00000117. The zero-order valence-corrected chi connectivity index (χ0v) is 17.2. The summed E-state index contributed by atoms with van der Waals surface area (Å²) in [4.78, 5) is 8.00. The maximum Gasteiger partial charge on any atom is 0.106 e. The average molecular weight is 389 g/mol. The summed E-state index contributed by atoms with van der Waals surface area (Å²) in [5.74, 6) is 2.10. The molecule has 0 N–H and O–H groups in total. The highest BCUT2D eigenvalue weighted by Gasteiger charge is 2.20. The minimum absolute atomic E-state index is 0.526. The van der Waals surface area contributed by atoms with Gasteiger partial charge in [0.05, 0.1) is 0 Å². The molecule has 2 aliphatic carbocycles. The highest BCUT2D eigenvalue weighted by Crippen LogP contribution is 2.32. The van der Waals surface area contributed by atoms with E-state index in [1.807, 2.05) is 6.79 Å². The van der Waals surface area contributed by atoms with Crippen LogP contribution in [0.5, 0.6) is 0 Å². The summed E-state index contributed by atoms with van der Waals surface area (Å²) in [6.45, 7) is 3.92. The summed E-state index contributed by atoms with van der Waals surface area (Å²) >= 11 is 0. The lowest BCUT2D eigenvalue weighted by Crippen LogP contribution is -2.18. The van der Waals surface area contributed by atoms with E-state index in [0.717, 1.165) is 31.5 Å². The summed E-state index contributed by atoms with van der Waals surface area (Å²) in [5, 5.41) is 0. The van der Waals surface area contributed by atoms with E-state index in [4.69, 9.17) is 9.53 Å². The van der Waals surface area contributed by atoms with Crippen molar-refractivity contribution in [1.82, 2.24) is 0 Å². The third-order valence-corrected chi connectivity index (χ3v) is 5.88. The monoisotopic (exact) mass is 388 g/mol. The summed E-state index contributed by atoms with van der Waals surface area (Å²) in [6, 6.07) is 10.5. The predicted octanol–water partition coefficient (Wildman–Crippen LogP) is 6.34. The van der Waals surface area contributed by atoms with Crippen LogP contribution < -0.4 is 0 Å². The normalized spacial score (nSPS) is 24.1. The van der Waals surface area contributed by atoms with Crippen molar-refractivity contribution in [3.8, 4) is 0 Å². The molecule has 1 aliphatic heterocycles. The first-order valence-electron chi connectivity index (χ1n) is 10.7. The smallest absolute Gasteiger partial charge is 0.106 e. The maximum atomic E-state index is 8.00. The van der Waals surface area contributed by atoms with Gasteiger partial charge in [0.2, 0.25) is 0 Å². The zero-order chi connectivity index (χ0) is 20.3. The Labute approximate surface area is 175 Å². The molecule has 1 heterocycles. The lowest BCUT2D eigenvalue weighted by molar-refractivity contribution is -0.0979. The maximum absolute atomic E-state index is 8.00. The number of rotatable bonds is 6. The second-order valence-corrected chi connectivity index (χ2v) is 8.07. The molecule has 1 aromatic rings. The number of carbonyl (C=O) groups is 1. The van der Waals surface area contributed by atoms with Gasteiger partial charge < -0.3 is 9.53 Å². The second-order valence-electron chi connectivity index (χ2n) is 8.07. The molecule has 1 saturated heterocycles. The largest absolute Gasteiger partial charge is 0.381 e. The van der Waals surface area contributed by atoms with Crippen molar-refractivity contribution in [1.29, 1.82) is 0 Å². The molecule has 2 unspecified atom stereocenters. The molecule has 0 aromatic heterocycles. The SMILES string of the molecule is C1=CC(CC2C=CC(/C=C/c3ccccc3)=C2)=CC(CC2CCOCC2)C1.C=O. The van der Waals surface area contributed by atoms with Crippen LogP contribution in [0.15, 0.2) is 84.0 Å². The number of hydrogen-bond donors (Lipinski definition) is 0. The minimum atomic E-state index is 0.526. The lowest BCUT2D eigenvalue weighted by atomic mass is 9.83. The molecular weight excluding hydrogens is 356 g/mol. The molecule has 1 fully saturated rings. The molecule has 152 valence electrons. The Morgan fingerprint density at radius 1 is 1.00 bits per heavy atom. The molecule has 0 bridgehead atoms. The first-order valence-corrected chi connectivity index (χ1v) is 10.7. The van der Waals surface area contributed by atoms with Crippen molar-refractivity contribution in [3.63, 3.8) is 0 Å². The van der Waals surface area contributed by atoms with E-state index in [1.54, 1.807) is 0 Å². The fraction of sp³-hybridized carbons (Fsp3) is 0.370. The Morgan fingerprint density at radius 2 is 1.79 bits per heavy atom. The molecule has 29 heavy (non-hydrogen) atoms. The van der Waals surface area contributed by atoms with Gasteiger partial charge in [-0.25, -0.2) is 0 Å². The number of carbonyl (C=O) groups excluding carboxylic acids is 1. The van der Waals surface area contributed by atoms with Crippen molar-refractivity contribution in [2.24, 2.45) is 17.8 Å². The molecule has 2 atom stereocenters. The van der Waals surface area contributed by atoms with Crippen LogP contribution in [0.25, 0.3) is 6.08 Å². The highest BCUT2D eigenvalue weighted by molar-refractivity contribution is 5.55. The fourth-order valence-electron chi connectivity index (χ4n) is 4.39. The third-order valence-electron chi connectivity index (χ3n) is 5.88. The molecule has 3 aliphatic rings. The highest BCUT2D eigenvalue weighted by atomic mass is 16.5. The lowest BCUT2D eigenvalue weighted by Gasteiger charge is -2.26. The predicted molar refractivity (Wildman–Crippen MR) is 121 cm³/mol. The Kier molecular flexibility index (Phi) is 8.45. The van der Waals surface area contributed by atoms with Gasteiger partial charge in [0.25, 0.3) is 0 Å². The first kappa shape index (κ1) is 21.3. The van der Waals surface area contributed by atoms with Crippen molar-refractivity contribution >= 4 is 12.9 Å². The van der Waals surface area contributed by atoms with Crippen molar-refractivity contribution < 1.29 is 9.53 Å². The van der Waals surface area contributed by atoms with E-state index in [9.17, 15) is 0 Å². The molecule has 0 amide bonds. The number of benzene rings is 1. The molecule has 0 radical (unpaired) electrons. The van der Waals surface area contributed by atoms with Crippen LogP contribution in [0.1, 0.15) is 37.7 Å². The van der Waals surface area contributed by atoms with Crippen LogP contribution in [0, 0.1) is 17.8 Å². The van der Waals surface area contributed by atoms with E-state index in [-0.39, 0.29) is 0 Å². The van der Waals surface area contributed by atoms with E-state index >= 15 is 0 Å². The summed E-state index contributed by atoms with van der Waals surface area (Å²) < 4.78 is 5.51. The zero-order valence-electron chi connectivity index (χ0n) is 17.2. The molecule has 0 saturated carbocycles.